The van der Waals surface area contributed by atoms with Crippen molar-refractivity contribution in [2.75, 3.05) is 29.6 Å². The Hall–Kier alpha value is -3.83. The lowest BCUT2D eigenvalue weighted by Gasteiger charge is -2.09. The van der Waals surface area contributed by atoms with Gasteiger partial charge in [0, 0.05) is 35.1 Å². The third-order valence-electron chi connectivity index (χ3n) is 5.20. The van der Waals surface area contributed by atoms with E-state index in [0.29, 0.717) is 23.7 Å². The molecule has 0 radical (unpaired) electrons. The molecule has 37 heavy (non-hydrogen) atoms. The summed E-state index contributed by atoms with van der Waals surface area (Å²) in [7, 11) is 0. The van der Waals surface area contributed by atoms with E-state index in [0.717, 1.165) is 32.3 Å². The van der Waals surface area contributed by atoms with Gasteiger partial charge in [0.1, 0.15) is 12.5 Å². The van der Waals surface area contributed by atoms with Gasteiger partial charge < -0.3 is 22.1 Å². The fourth-order valence-corrected chi connectivity index (χ4v) is 4.75. The zero-order valence-corrected chi connectivity index (χ0v) is 21.1. The fraction of sp³-hybridized carbons (Fsp3) is 0.120. The largest absolute Gasteiger partial charge is 0.383 e. The van der Waals surface area contributed by atoms with Crippen LogP contribution in [0.1, 0.15) is 11.1 Å². The Morgan fingerprint density at radius 1 is 1.16 bits per heavy atom. The number of pyridine rings is 1. The highest BCUT2D eigenvalue weighted by Gasteiger charge is 2.14. The van der Waals surface area contributed by atoms with Crippen LogP contribution in [0.2, 0.25) is 0 Å². The molecule has 2 aromatic heterocycles. The molecule has 4 rings (SSSR count). The number of urea groups is 1. The monoisotopic (exact) mass is 536 g/mol. The van der Waals surface area contributed by atoms with E-state index < -0.39 is 11.4 Å². The molecule has 1 unspecified atom stereocenters. The Labute approximate surface area is 219 Å². The maximum Gasteiger partial charge on any atom is 0.323 e. The number of anilines is 3. The molecular formula is C25H24N6O4S2. The van der Waals surface area contributed by atoms with Crippen LogP contribution in [0, 0.1) is 11.8 Å². The van der Waals surface area contributed by atoms with Gasteiger partial charge in [0.2, 0.25) is 0 Å². The van der Waals surface area contributed by atoms with Crippen molar-refractivity contribution < 1.29 is 17.7 Å². The minimum atomic E-state index is -2.32. The van der Waals surface area contributed by atoms with Crippen molar-refractivity contribution >= 4 is 56.0 Å². The first-order chi connectivity index (χ1) is 17.9. The van der Waals surface area contributed by atoms with Gasteiger partial charge in [-0.15, -0.1) is 11.3 Å². The summed E-state index contributed by atoms with van der Waals surface area (Å²) in [5.41, 5.74) is 16.7. The molecule has 8 N–H and O–H groups in total. The minimum Gasteiger partial charge on any atom is -0.383 e. The third kappa shape index (κ3) is 6.89. The summed E-state index contributed by atoms with van der Waals surface area (Å²) >= 11 is -0.807. The predicted octanol–water partition coefficient (Wildman–Crippen LogP) is 3.70. The Kier molecular flexibility index (Phi) is 8.81. The van der Waals surface area contributed by atoms with E-state index in [1.807, 2.05) is 47.8 Å². The van der Waals surface area contributed by atoms with Crippen LogP contribution in [0.15, 0.2) is 60.1 Å². The fourth-order valence-electron chi connectivity index (χ4n) is 3.52. The zero-order valence-electron chi connectivity index (χ0n) is 19.5. The average molecular weight is 537 g/mol. The summed E-state index contributed by atoms with van der Waals surface area (Å²) in [5.74, 6) is 6.39. The molecule has 1 atom stereocenters. The average Bonchev–Trinajstić information content (AvgIpc) is 3.34. The Balaban J connectivity index is 1.46. The van der Waals surface area contributed by atoms with Crippen molar-refractivity contribution in [2.24, 2.45) is 5.73 Å². The molecule has 0 saturated heterocycles. The lowest BCUT2D eigenvalue weighted by molar-refractivity contribution is 0.262. The van der Waals surface area contributed by atoms with Crippen molar-refractivity contribution in [3.05, 3.63) is 71.2 Å². The number of fused-ring (bicyclic) bond motifs is 1. The van der Waals surface area contributed by atoms with Crippen LogP contribution in [0.25, 0.3) is 21.2 Å². The Morgan fingerprint density at radius 2 is 1.95 bits per heavy atom. The molecule has 12 heteroatoms. The number of amides is 2. The predicted molar refractivity (Wildman–Crippen MR) is 148 cm³/mol. The maximum atomic E-state index is 12.4. The molecule has 0 saturated carbocycles. The quantitative estimate of drug-likeness (QED) is 0.0859. The number of thiophene rings is 1. The molecular weight excluding hydrogens is 512 g/mol. The second-order valence-corrected chi connectivity index (χ2v) is 9.23. The van der Waals surface area contributed by atoms with Crippen molar-refractivity contribution in [2.45, 2.75) is 6.54 Å². The molecule has 2 amide bonds. The van der Waals surface area contributed by atoms with E-state index in [1.165, 1.54) is 11.3 Å². The van der Waals surface area contributed by atoms with Gasteiger partial charge in [-0.25, -0.2) is 9.78 Å². The number of rotatable bonds is 8. The highest BCUT2D eigenvalue weighted by molar-refractivity contribution is 7.74. The van der Waals surface area contributed by atoms with Crippen LogP contribution in [-0.2, 0) is 22.1 Å². The van der Waals surface area contributed by atoms with Gasteiger partial charge in [-0.2, -0.15) is 4.21 Å². The molecule has 0 fully saturated rings. The summed E-state index contributed by atoms with van der Waals surface area (Å²) in [6, 6.07) is 14.4. The van der Waals surface area contributed by atoms with Crippen molar-refractivity contribution in [1.29, 1.82) is 0 Å². The highest BCUT2D eigenvalue weighted by Crippen LogP contribution is 2.38. The van der Waals surface area contributed by atoms with Gasteiger partial charge in [-0.1, -0.05) is 36.1 Å². The van der Waals surface area contributed by atoms with Gasteiger partial charge >= 0.3 is 17.4 Å². The molecule has 2 aromatic carbocycles. The van der Waals surface area contributed by atoms with Crippen LogP contribution >= 0.6 is 11.3 Å². The first kappa shape index (κ1) is 26.2. The van der Waals surface area contributed by atoms with Crippen LogP contribution in [0.5, 0.6) is 0 Å². The topological polar surface area (TPSA) is 165 Å². The van der Waals surface area contributed by atoms with Gasteiger partial charge in [-0.05, 0) is 40.8 Å². The van der Waals surface area contributed by atoms with Gasteiger partial charge in [0.15, 0.2) is 0 Å². The summed E-state index contributed by atoms with van der Waals surface area (Å²) < 4.78 is 24.5. The molecule has 0 aliphatic carbocycles. The zero-order chi connectivity index (χ0) is 26.2. The molecule has 190 valence electrons. The number of hydrogen-bond acceptors (Lipinski definition) is 8. The lowest BCUT2D eigenvalue weighted by atomic mass is 10.0. The summed E-state index contributed by atoms with van der Waals surface area (Å²) in [4.78, 5) is 16.7. The van der Waals surface area contributed by atoms with E-state index in [4.69, 9.17) is 16.0 Å². The molecule has 0 spiro atoms. The smallest absolute Gasteiger partial charge is 0.323 e. The van der Waals surface area contributed by atoms with Crippen LogP contribution in [0.4, 0.5) is 22.0 Å². The Morgan fingerprint density at radius 3 is 2.70 bits per heavy atom. The summed E-state index contributed by atoms with van der Waals surface area (Å²) in [6.07, 6.45) is 1.62. The molecule has 2 heterocycles. The second kappa shape index (κ2) is 12.4. The van der Waals surface area contributed by atoms with E-state index in [-0.39, 0.29) is 19.3 Å². The maximum absolute atomic E-state index is 12.4. The number of benzene rings is 2. The molecule has 4 aromatic rings. The number of hydrogen-bond donors (Lipinski definition) is 6. The van der Waals surface area contributed by atoms with E-state index >= 15 is 0 Å². The molecule has 0 aliphatic heterocycles. The van der Waals surface area contributed by atoms with Crippen molar-refractivity contribution in [1.82, 2.24) is 10.3 Å². The van der Waals surface area contributed by atoms with Gasteiger partial charge in [0.25, 0.3) is 0 Å². The molecule has 0 bridgehead atoms. The van der Waals surface area contributed by atoms with Crippen LogP contribution < -0.4 is 27.4 Å². The van der Waals surface area contributed by atoms with Gasteiger partial charge in [-0.3, -0.25) is 14.1 Å². The van der Waals surface area contributed by atoms with Crippen molar-refractivity contribution in [3.63, 3.8) is 0 Å². The number of nitrogens with zero attached hydrogens (tertiary/aromatic N) is 1. The highest BCUT2D eigenvalue weighted by atomic mass is 32.2. The standard InChI is InChI=1S/C25H24N6O4S2/c26-12-16-3-1-5-20(11-16)31-25(32)30-19-8-6-17(7-9-19)21-14-36-23-18(13-29-24(27)22(21)23)4-2-10-28-15-35-37(33)34/h1,3,5-9,11,13-14,28H,10,12,15,26H2,(H2,27,29)(H,33,34)(H2,30,31,32). The number of nitrogens with two attached hydrogens (primary N) is 2. The number of carbonyl (C=O) groups is 1. The number of nitrogen functional groups attached to an aromatic ring is 1. The summed E-state index contributed by atoms with van der Waals surface area (Å²) in [6.45, 7) is 0.568. The van der Waals surface area contributed by atoms with Gasteiger partial charge in [0.05, 0.1) is 16.8 Å². The number of aromatic nitrogens is 1. The van der Waals surface area contributed by atoms with Crippen LogP contribution in [0.3, 0.4) is 0 Å². The second-order valence-electron chi connectivity index (χ2n) is 7.68. The van der Waals surface area contributed by atoms with E-state index in [1.54, 1.807) is 12.3 Å². The summed E-state index contributed by atoms with van der Waals surface area (Å²) in [5, 5.41) is 11.2. The van der Waals surface area contributed by atoms with E-state index in [2.05, 4.69) is 37.0 Å². The van der Waals surface area contributed by atoms with E-state index in [9.17, 15) is 9.00 Å². The minimum absolute atomic E-state index is 0.0929. The third-order valence-corrected chi connectivity index (χ3v) is 6.53. The number of nitrogens with one attached hydrogen (secondary N) is 3. The molecule has 10 nitrogen and oxygen atoms in total. The Bertz CT molecular complexity index is 1490. The normalized spacial score (nSPS) is 11.5. The lowest BCUT2D eigenvalue weighted by Crippen LogP contribution is -2.19. The SMILES string of the molecule is NCc1cccc(NC(=O)Nc2ccc(-c3csc4c(C#CCNCOS(=O)O)cnc(N)c34)cc2)c1. The first-order valence-corrected chi connectivity index (χ1v) is 12.9. The first-order valence-electron chi connectivity index (χ1n) is 11.0. The van der Waals surface area contributed by atoms with Crippen LogP contribution in [-0.4, -0.2) is 33.1 Å². The van der Waals surface area contributed by atoms with Crippen molar-refractivity contribution in [3.8, 4) is 23.0 Å². The molecule has 0 aliphatic rings. The number of carbonyl (C=O) groups excluding carboxylic acids is 1.